The molecule has 9 heteroatoms. The third-order valence-electron chi connectivity index (χ3n) is 5.95. The second kappa shape index (κ2) is 8.94. The highest BCUT2D eigenvalue weighted by atomic mass is 79.9. The molecule has 0 atom stereocenters. The number of alkyl halides is 3. The highest BCUT2D eigenvalue weighted by Gasteiger charge is 2.41. The summed E-state index contributed by atoms with van der Waals surface area (Å²) in [6.07, 6.45) is -2.63. The van der Waals surface area contributed by atoms with Crippen molar-refractivity contribution in [1.29, 1.82) is 0 Å². The SMILES string of the molecule is Cc1ccc(CN2CCN(C(=O)CCn3nc(C(F)(F)F)c(Br)c3C3CC3)CC2)cc1. The van der Waals surface area contributed by atoms with Gasteiger partial charge in [0.25, 0.3) is 0 Å². The third kappa shape index (κ3) is 5.31. The van der Waals surface area contributed by atoms with Crippen LogP contribution in [-0.2, 0) is 24.1 Å². The Balaban J connectivity index is 1.31. The van der Waals surface area contributed by atoms with Crippen molar-refractivity contribution in [2.24, 2.45) is 0 Å². The van der Waals surface area contributed by atoms with E-state index in [1.165, 1.54) is 15.8 Å². The number of benzene rings is 1. The normalized spacial score (nSPS) is 17.9. The van der Waals surface area contributed by atoms with Gasteiger partial charge in [0.15, 0.2) is 5.69 Å². The van der Waals surface area contributed by atoms with Crippen LogP contribution >= 0.6 is 15.9 Å². The van der Waals surface area contributed by atoms with Gasteiger partial charge in [-0.2, -0.15) is 18.3 Å². The Labute approximate surface area is 188 Å². The zero-order chi connectivity index (χ0) is 22.2. The molecule has 0 radical (unpaired) electrons. The number of aryl methyl sites for hydroxylation is 2. The predicted octanol–water partition coefficient (Wildman–Crippen LogP) is 4.58. The quantitative estimate of drug-likeness (QED) is 0.585. The summed E-state index contributed by atoms with van der Waals surface area (Å²) in [5.74, 6) is 0.0651. The van der Waals surface area contributed by atoms with Crippen molar-refractivity contribution in [3.8, 4) is 0 Å². The summed E-state index contributed by atoms with van der Waals surface area (Å²) in [5, 5.41) is 3.79. The Morgan fingerprint density at radius 3 is 2.35 bits per heavy atom. The Kier molecular flexibility index (Phi) is 6.44. The maximum absolute atomic E-state index is 13.2. The number of halogens is 4. The minimum atomic E-state index is -4.51. The molecular formula is C22H26BrF3N4O. The molecule has 2 aliphatic rings. The van der Waals surface area contributed by atoms with E-state index in [1.54, 1.807) is 0 Å². The fourth-order valence-corrected chi connectivity index (χ4v) is 4.85. The molecule has 2 aromatic rings. The van der Waals surface area contributed by atoms with Crippen LogP contribution in [0.15, 0.2) is 28.7 Å². The molecule has 4 rings (SSSR count). The van der Waals surface area contributed by atoms with E-state index in [9.17, 15) is 18.0 Å². The molecule has 0 bridgehead atoms. The first kappa shape index (κ1) is 22.3. The highest BCUT2D eigenvalue weighted by molar-refractivity contribution is 9.10. The van der Waals surface area contributed by atoms with Crippen molar-refractivity contribution in [2.45, 2.75) is 51.4 Å². The van der Waals surface area contributed by atoms with Gasteiger partial charge >= 0.3 is 6.18 Å². The molecule has 168 valence electrons. The number of rotatable bonds is 6. The zero-order valence-corrected chi connectivity index (χ0v) is 19.0. The fourth-order valence-electron chi connectivity index (χ4n) is 4.02. The molecule has 2 heterocycles. The van der Waals surface area contributed by atoms with E-state index in [4.69, 9.17) is 0 Å². The lowest BCUT2D eigenvalue weighted by Crippen LogP contribution is -2.48. The smallest absolute Gasteiger partial charge is 0.340 e. The van der Waals surface area contributed by atoms with Crippen molar-refractivity contribution in [3.63, 3.8) is 0 Å². The highest BCUT2D eigenvalue weighted by Crippen LogP contribution is 2.47. The van der Waals surface area contributed by atoms with Gasteiger partial charge in [-0.25, -0.2) is 0 Å². The van der Waals surface area contributed by atoms with Crippen LogP contribution in [-0.4, -0.2) is 51.7 Å². The molecule has 5 nitrogen and oxygen atoms in total. The molecule has 1 aliphatic heterocycles. The summed E-state index contributed by atoms with van der Waals surface area (Å²) < 4.78 is 41.1. The summed E-state index contributed by atoms with van der Waals surface area (Å²) >= 11 is 3.10. The number of hydrogen-bond acceptors (Lipinski definition) is 3. The maximum Gasteiger partial charge on any atom is 0.436 e. The van der Waals surface area contributed by atoms with Crippen molar-refractivity contribution in [2.75, 3.05) is 26.2 Å². The Morgan fingerprint density at radius 2 is 1.77 bits per heavy atom. The Hall–Kier alpha value is -1.87. The second-order valence-electron chi connectivity index (χ2n) is 8.44. The number of amides is 1. The van der Waals surface area contributed by atoms with E-state index in [0.717, 1.165) is 32.5 Å². The van der Waals surface area contributed by atoms with Crippen molar-refractivity contribution in [3.05, 3.63) is 51.3 Å². The van der Waals surface area contributed by atoms with Crippen LogP contribution in [0.3, 0.4) is 0 Å². The molecule has 1 aliphatic carbocycles. The number of piperazine rings is 1. The molecule has 0 spiro atoms. The minimum Gasteiger partial charge on any atom is -0.340 e. The maximum atomic E-state index is 13.2. The zero-order valence-electron chi connectivity index (χ0n) is 17.5. The van der Waals surface area contributed by atoms with Gasteiger partial charge in [0, 0.05) is 45.1 Å². The average molecular weight is 499 g/mol. The van der Waals surface area contributed by atoms with Crippen LogP contribution in [0, 0.1) is 6.92 Å². The van der Waals surface area contributed by atoms with Crippen molar-refractivity contribution < 1.29 is 18.0 Å². The molecule has 2 fully saturated rings. The number of hydrogen-bond donors (Lipinski definition) is 0. The van der Waals surface area contributed by atoms with Crippen LogP contribution in [0.1, 0.15) is 47.7 Å². The average Bonchev–Trinajstić information content (AvgIpc) is 3.50. The van der Waals surface area contributed by atoms with E-state index in [-0.39, 0.29) is 29.3 Å². The molecular weight excluding hydrogens is 473 g/mol. The van der Waals surface area contributed by atoms with Gasteiger partial charge in [0.1, 0.15) is 0 Å². The summed E-state index contributed by atoms with van der Waals surface area (Å²) in [6, 6.07) is 8.45. The summed E-state index contributed by atoms with van der Waals surface area (Å²) in [6.45, 7) is 5.94. The molecule has 31 heavy (non-hydrogen) atoms. The van der Waals surface area contributed by atoms with Crippen LogP contribution in [0.5, 0.6) is 0 Å². The van der Waals surface area contributed by atoms with E-state index in [2.05, 4.69) is 57.1 Å². The molecule has 0 unspecified atom stereocenters. The van der Waals surface area contributed by atoms with Crippen molar-refractivity contribution in [1.82, 2.24) is 19.6 Å². The number of carbonyl (C=O) groups excluding carboxylic acids is 1. The lowest BCUT2D eigenvalue weighted by atomic mass is 10.1. The Morgan fingerprint density at radius 1 is 1.13 bits per heavy atom. The fraction of sp³-hybridized carbons (Fsp3) is 0.545. The van der Waals surface area contributed by atoms with Crippen LogP contribution in [0.25, 0.3) is 0 Å². The number of carbonyl (C=O) groups is 1. The molecule has 0 N–H and O–H groups in total. The first-order valence-electron chi connectivity index (χ1n) is 10.6. The van der Waals surface area contributed by atoms with Crippen molar-refractivity contribution >= 4 is 21.8 Å². The summed E-state index contributed by atoms with van der Waals surface area (Å²) in [7, 11) is 0. The molecule has 1 saturated carbocycles. The van der Waals surface area contributed by atoms with Crippen LogP contribution in [0.4, 0.5) is 13.2 Å². The topological polar surface area (TPSA) is 41.4 Å². The first-order chi connectivity index (χ1) is 14.7. The van der Waals surface area contributed by atoms with E-state index in [0.29, 0.717) is 18.8 Å². The van der Waals surface area contributed by atoms with Gasteiger partial charge in [-0.15, -0.1) is 0 Å². The Bertz CT molecular complexity index is 929. The molecule has 1 amide bonds. The third-order valence-corrected chi connectivity index (χ3v) is 6.74. The first-order valence-corrected chi connectivity index (χ1v) is 11.4. The van der Waals surface area contributed by atoms with E-state index < -0.39 is 11.9 Å². The van der Waals surface area contributed by atoms with Gasteiger partial charge in [0.2, 0.25) is 5.91 Å². The van der Waals surface area contributed by atoms with Crippen LogP contribution in [0.2, 0.25) is 0 Å². The van der Waals surface area contributed by atoms with Gasteiger partial charge in [0.05, 0.1) is 16.7 Å². The molecule has 1 aromatic heterocycles. The van der Waals surface area contributed by atoms with Crippen LogP contribution < -0.4 is 0 Å². The lowest BCUT2D eigenvalue weighted by molar-refractivity contribution is -0.142. The lowest BCUT2D eigenvalue weighted by Gasteiger charge is -2.35. The molecule has 1 aromatic carbocycles. The second-order valence-corrected chi connectivity index (χ2v) is 9.23. The standard InChI is InChI=1S/C22H26BrF3N4O/c1-15-2-4-16(5-3-15)14-28-10-12-29(13-11-28)18(31)8-9-30-20(17-6-7-17)19(23)21(27-30)22(24,25)26/h2-5,17H,6-14H2,1H3. The van der Waals surface area contributed by atoms with Gasteiger partial charge in [-0.05, 0) is 41.3 Å². The molecule has 1 saturated heterocycles. The minimum absolute atomic E-state index is 0.0275. The van der Waals surface area contributed by atoms with E-state index >= 15 is 0 Å². The van der Waals surface area contributed by atoms with E-state index in [1.807, 2.05) is 4.90 Å². The van der Waals surface area contributed by atoms with Gasteiger partial charge < -0.3 is 4.90 Å². The monoisotopic (exact) mass is 498 g/mol. The predicted molar refractivity (Wildman–Crippen MR) is 115 cm³/mol. The number of nitrogens with zero attached hydrogens (tertiary/aromatic N) is 4. The number of aromatic nitrogens is 2. The van der Waals surface area contributed by atoms with Gasteiger partial charge in [-0.3, -0.25) is 14.4 Å². The largest absolute Gasteiger partial charge is 0.436 e. The summed E-state index contributed by atoms with van der Waals surface area (Å²) in [5.41, 5.74) is 2.16. The van der Waals surface area contributed by atoms with Gasteiger partial charge in [-0.1, -0.05) is 29.8 Å². The summed E-state index contributed by atoms with van der Waals surface area (Å²) in [4.78, 5) is 16.8.